The van der Waals surface area contributed by atoms with E-state index in [2.05, 4.69) is 20.3 Å². The van der Waals surface area contributed by atoms with E-state index in [1.165, 1.54) is 0 Å². The number of aromatic nitrogens is 2. The number of hydrogen-bond donors (Lipinski definition) is 3. The minimum Gasteiger partial charge on any atom is -0.495 e. The van der Waals surface area contributed by atoms with Crippen LogP contribution in [-0.4, -0.2) is 23.0 Å². The first-order chi connectivity index (χ1) is 11.1. The Bertz CT molecular complexity index is 831. The summed E-state index contributed by atoms with van der Waals surface area (Å²) < 4.78 is 5.23. The Hall–Kier alpha value is -2.54. The minimum atomic E-state index is -0.153. The summed E-state index contributed by atoms with van der Waals surface area (Å²) in [5, 5.41) is 3.43. The van der Waals surface area contributed by atoms with Crippen molar-refractivity contribution in [3.63, 3.8) is 0 Å². The summed E-state index contributed by atoms with van der Waals surface area (Å²) in [5.74, 6) is 0.830. The van der Waals surface area contributed by atoms with Crippen LogP contribution in [0.1, 0.15) is 17.7 Å². The van der Waals surface area contributed by atoms with E-state index < -0.39 is 0 Å². The van der Waals surface area contributed by atoms with Gasteiger partial charge in [0.15, 0.2) is 0 Å². The van der Waals surface area contributed by atoms with Gasteiger partial charge in [0.2, 0.25) is 11.9 Å². The second-order valence-electron chi connectivity index (χ2n) is 5.13. The summed E-state index contributed by atoms with van der Waals surface area (Å²) in [5.41, 5.74) is 7.84. The van der Waals surface area contributed by atoms with Gasteiger partial charge >= 0.3 is 0 Å². The van der Waals surface area contributed by atoms with E-state index in [4.69, 9.17) is 22.1 Å². The lowest BCUT2D eigenvalue weighted by Gasteiger charge is -2.10. The molecule has 0 amide bonds. The van der Waals surface area contributed by atoms with Crippen molar-refractivity contribution in [1.29, 1.82) is 0 Å². The van der Waals surface area contributed by atoms with E-state index >= 15 is 0 Å². The minimum absolute atomic E-state index is 0.0756. The first-order valence-corrected chi connectivity index (χ1v) is 7.51. The Morgan fingerprint density at radius 1 is 1.48 bits per heavy atom. The number of halogens is 1. The smallest absolute Gasteiger partial charge is 0.255 e. The molecule has 0 saturated heterocycles. The summed E-state index contributed by atoms with van der Waals surface area (Å²) >= 11 is 5.97. The lowest BCUT2D eigenvalue weighted by atomic mass is 10.3. The number of ether oxygens (including phenoxy) is 1. The van der Waals surface area contributed by atoms with Crippen molar-refractivity contribution in [2.75, 3.05) is 12.4 Å². The number of H-pyrrole nitrogens is 1. The van der Waals surface area contributed by atoms with Crippen LogP contribution < -0.4 is 21.3 Å². The van der Waals surface area contributed by atoms with E-state index in [9.17, 15) is 4.79 Å². The van der Waals surface area contributed by atoms with Gasteiger partial charge in [0.05, 0.1) is 18.5 Å². The Morgan fingerprint density at radius 2 is 2.30 bits per heavy atom. The number of guanidine groups is 1. The Labute approximate surface area is 137 Å². The molecule has 4 N–H and O–H groups in total. The summed E-state index contributed by atoms with van der Waals surface area (Å²) in [6, 6.07) is 5.09. The van der Waals surface area contributed by atoms with Crippen molar-refractivity contribution >= 4 is 29.2 Å². The van der Waals surface area contributed by atoms with Crippen molar-refractivity contribution in [3.8, 4) is 5.75 Å². The maximum absolute atomic E-state index is 12.0. The molecule has 1 aromatic carbocycles. The monoisotopic (exact) mass is 333 g/mol. The lowest BCUT2D eigenvalue weighted by Crippen LogP contribution is -2.23. The summed E-state index contributed by atoms with van der Waals surface area (Å²) in [4.78, 5) is 23.0. The van der Waals surface area contributed by atoms with Crippen LogP contribution in [0.5, 0.6) is 5.75 Å². The van der Waals surface area contributed by atoms with Gasteiger partial charge in [0.25, 0.3) is 5.56 Å². The molecule has 0 bridgehead atoms. The van der Waals surface area contributed by atoms with E-state index in [0.717, 1.165) is 30.5 Å². The van der Waals surface area contributed by atoms with Gasteiger partial charge in [-0.25, -0.2) is 4.98 Å². The standard InChI is InChI=1S/C15H16ClN5O2/c1-23-12-6-5-8(16)7-11(12)18-14(17)21-15-19-10-4-2-3-9(10)13(22)20-15/h5-7H,2-4H2,1H3,(H4,17,18,19,20,21,22). The molecule has 8 heteroatoms. The Balaban J connectivity index is 1.88. The molecule has 1 heterocycles. The topological polar surface area (TPSA) is 105 Å². The number of rotatable bonds is 3. The average molecular weight is 334 g/mol. The summed E-state index contributed by atoms with van der Waals surface area (Å²) in [6.45, 7) is 0. The average Bonchev–Trinajstić information content (AvgIpc) is 2.96. The molecular weight excluding hydrogens is 318 g/mol. The normalized spacial score (nSPS) is 13.7. The predicted octanol–water partition coefficient (Wildman–Crippen LogP) is 1.98. The summed E-state index contributed by atoms with van der Waals surface area (Å²) in [6.07, 6.45) is 2.48. The number of anilines is 1. The molecule has 3 rings (SSSR count). The first-order valence-electron chi connectivity index (χ1n) is 7.13. The quantitative estimate of drug-likeness (QED) is 0.588. The van der Waals surface area contributed by atoms with Gasteiger partial charge in [-0.15, -0.1) is 0 Å². The fourth-order valence-corrected chi connectivity index (χ4v) is 2.71. The zero-order chi connectivity index (χ0) is 16.4. The number of aliphatic imine (C=N–C) groups is 1. The third-order valence-electron chi connectivity index (χ3n) is 3.58. The van der Waals surface area contributed by atoms with Gasteiger partial charge in [-0.3, -0.25) is 9.78 Å². The molecule has 0 radical (unpaired) electrons. The number of hydrogen-bond acceptors (Lipinski definition) is 4. The fraction of sp³-hybridized carbons (Fsp3) is 0.267. The highest BCUT2D eigenvalue weighted by molar-refractivity contribution is 6.31. The van der Waals surface area contributed by atoms with E-state index in [-0.39, 0.29) is 17.5 Å². The highest BCUT2D eigenvalue weighted by Crippen LogP contribution is 2.27. The largest absolute Gasteiger partial charge is 0.495 e. The van der Waals surface area contributed by atoms with Gasteiger partial charge in [0.1, 0.15) is 5.75 Å². The van der Waals surface area contributed by atoms with Crippen LogP contribution >= 0.6 is 11.6 Å². The number of fused-ring (bicyclic) bond motifs is 1. The second-order valence-corrected chi connectivity index (χ2v) is 5.57. The maximum Gasteiger partial charge on any atom is 0.255 e. The van der Waals surface area contributed by atoms with Crippen molar-refractivity contribution in [3.05, 3.63) is 44.8 Å². The first kappa shape index (κ1) is 15.4. The molecule has 1 aliphatic rings. The Morgan fingerprint density at radius 3 is 3.09 bits per heavy atom. The zero-order valence-electron chi connectivity index (χ0n) is 12.5. The number of nitrogens with zero attached hydrogens (tertiary/aromatic N) is 2. The van der Waals surface area contributed by atoms with Crippen LogP contribution in [0.25, 0.3) is 0 Å². The zero-order valence-corrected chi connectivity index (χ0v) is 13.3. The van der Waals surface area contributed by atoms with Gasteiger partial charge in [-0.05, 0) is 37.5 Å². The molecule has 0 spiro atoms. The number of aromatic amines is 1. The molecule has 120 valence electrons. The molecular formula is C15H16ClN5O2. The predicted molar refractivity (Wildman–Crippen MR) is 89.8 cm³/mol. The number of aryl methyl sites for hydroxylation is 1. The van der Waals surface area contributed by atoms with E-state index in [0.29, 0.717) is 16.5 Å². The van der Waals surface area contributed by atoms with Crippen LogP contribution in [0.3, 0.4) is 0 Å². The van der Waals surface area contributed by atoms with Gasteiger partial charge in [-0.1, -0.05) is 11.6 Å². The van der Waals surface area contributed by atoms with Crippen LogP contribution in [-0.2, 0) is 12.8 Å². The number of nitrogens with one attached hydrogen (secondary N) is 2. The number of nitrogens with two attached hydrogens (primary N) is 1. The number of benzene rings is 1. The van der Waals surface area contributed by atoms with E-state index in [1.54, 1.807) is 25.3 Å². The second kappa shape index (κ2) is 6.29. The van der Waals surface area contributed by atoms with Crippen molar-refractivity contribution in [2.45, 2.75) is 19.3 Å². The molecule has 0 aliphatic heterocycles. The molecule has 0 unspecified atom stereocenters. The maximum atomic E-state index is 12.0. The Kier molecular flexibility index (Phi) is 4.20. The molecule has 23 heavy (non-hydrogen) atoms. The molecule has 7 nitrogen and oxygen atoms in total. The molecule has 0 saturated carbocycles. The molecule has 1 aliphatic carbocycles. The van der Waals surface area contributed by atoms with Crippen molar-refractivity contribution < 1.29 is 4.74 Å². The third kappa shape index (κ3) is 3.29. The van der Waals surface area contributed by atoms with Gasteiger partial charge < -0.3 is 15.8 Å². The van der Waals surface area contributed by atoms with Crippen LogP contribution in [0.2, 0.25) is 5.02 Å². The van der Waals surface area contributed by atoms with Crippen LogP contribution in [0.15, 0.2) is 28.0 Å². The third-order valence-corrected chi connectivity index (χ3v) is 3.81. The molecule has 2 aromatic rings. The van der Waals surface area contributed by atoms with Crippen molar-refractivity contribution in [2.24, 2.45) is 10.7 Å². The van der Waals surface area contributed by atoms with Crippen molar-refractivity contribution in [1.82, 2.24) is 9.97 Å². The van der Waals surface area contributed by atoms with Gasteiger partial charge in [0, 0.05) is 10.6 Å². The summed E-state index contributed by atoms with van der Waals surface area (Å²) in [7, 11) is 1.54. The molecule has 0 atom stereocenters. The molecule has 1 aromatic heterocycles. The SMILES string of the molecule is COc1ccc(Cl)cc1N/C(N)=N\c1nc2c(c(=O)[nH]1)CCC2. The highest BCUT2D eigenvalue weighted by atomic mass is 35.5. The lowest BCUT2D eigenvalue weighted by molar-refractivity contribution is 0.417. The fourth-order valence-electron chi connectivity index (χ4n) is 2.54. The van der Waals surface area contributed by atoms with Gasteiger partial charge in [-0.2, -0.15) is 4.99 Å². The van der Waals surface area contributed by atoms with Crippen LogP contribution in [0, 0.1) is 0 Å². The molecule has 0 fully saturated rings. The van der Waals surface area contributed by atoms with Crippen LogP contribution in [0.4, 0.5) is 11.6 Å². The van der Waals surface area contributed by atoms with E-state index in [1.807, 2.05) is 0 Å². The number of methoxy groups -OCH3 is 1. The highest BCUT2D eigenvalue weighted by Gasteiger charge is 2.17.